The lowest BCUT2D eigenvalue weighted by Gasteiger charge is -2.07. The molecule has 66 valence electrons. The standard InChI is InChI=1S/C8H7BrClFO/c9-7-2-1-5(10)3-6(7)8(11)4-12/h1-3,8,12H,4H2. The van der Waals surface area contributed by atoms with Gasteiger partial charge in [0.05, 0.1) is 6.61 Å². The molecule has 1 aromatic rings. The van der Waals surface area contributed by atoms with Crippen LogP contribution in [0.2, 0.25) is 5.02 Å². The third kappa shape index (κ3) is 2.19. The molecule has 0 heterocycles. The van der Waals surface area contributed by atoms with Crippen LogP contribution in [0.3, 0.4) is 0 Å². The molecule has 0 spiro atoms. The van der Waals surface area contributed by atoms with Gasteiger partial charge in [-0.25, -0.2) is 4.39 Å². The summed E-state index contributed by atoms with van der Waals surface area (Å²) in [4.78, 5) is 0. The molecule has 1 aromatic carbocycles. The maximum Gasteiger partial charge on any atom is 0.149 e. The highest BCUT2D eigenvalue weighted by Crippen LogP contribution is 2.28. The summed E-state index contributed by atoms with van der Waals surface area (Å²) in [7, 11) is 0. The summed E-state index contributed by atoms with van der Waals surface area (Å²) in [6.07, 6.45) is -1.38. The second kappa shape index (κ2) is 4.21. The molecule has 1 rings (SSSR count). The number of hydrogen-bond acceptors (Lipinski definition) is 1. The quantitative estimate of drug-likeness (QED) is 0.859. The fourth-order valence-corrected chi connectivity index (χ4v) is 1.53. The fraction of sp³-hybridized carbons (Fsp3) is 0.250. The number of aliphatic hydroxyl groups excluding tert-OH is 1. The van der Waals surface area contributed by atoms with Gasteiger partial charge in [0.1, 0.15) is 6.17 Å². The summed E-state index contributed by atoms with van der Waals surface area (Å²) in [6.45, 7) is -0.529. The molecule has 0 aliphatic carbocycles. The van der Waals surface area contributed by atoms with Crippen molar-refractivity contribution in [2.75, 3.05) is 6.61 Å². The third-order valence-electron chi connectivity index (χ3n) is 1.46. The van der Waals surface area contributed by atoms with Crippen LogP contribution >= 0.6 is 27.5 Å². The number of hydrogen-bond donors (Lipinski definition) is 1. The third-order valence-corrected chi connectivity index (χ3v) is 2.41. The molecule has 0 saturated carbocycles. The molecule has 1 nitrogen and oxygen atoms in total. The van der Waals surface area contributed by atoms with E-state index < -0.39 is 12.8 Å². The molecule has 0 aliphatic rings. The maximum atomic E-state index is 13.0. The smallest absolute Gasteiger partial charge is 0.149 e. The summed E-state index contributed by atoms with van der Waals surface area (Å²) in [5, 5.41) is 9.03. The van der Waals surface area contributed by atoms with E-state index in [4.69, 9.17) is 16.7 Å². The SMILES string of the molecule is OCC(F)c1cc(Cl)ccc1Br. The highest BCUT2D eigenvalue weighted by Gasteiger charge is 2.11. The molecule has 0 aliphatic heterocycles. The van der Waals surface area contributed by atoms with Crippen molar-refractivity contribution in [3.8, 4) is 0 Å². The van der Waals surface area contributed by atoms with Gasteiger partial charge in [0.25, 0.3) is 0 Å². The number of halogens is 3. The maximum absolute atomic E-state index is 13.0. The summed E-state index contributed by atoms with van der Waals surface area (Å²) in [5.74, 6) is 0. The average Bonchev–Trinajstić information content (AvgIpc) is 2.08. The minimum atomic E-state index is -1.38. The van der Waals surface area contributed by atoms with E-state index in [1.54, 1.807) is 12.1 Å². The number of aliphatic hydroxyl groups is 1. The van der Waals surface area contributed by atoms with Crippen molar-refractivity contribution in [1.82, 2.24) is 0 Å². The van der Waals surface area contributed by atoms with Crippen LogP contribution in [0.25, 0.3) is 0 Å². The van der Waals surface area contributed by atoms with Gasteiger partial charge >= 0.3 is 0 Å². The Bertz CT molecular complexity index is 280. The van der Waals surface area contributed by atoms with Crippen LogP contribution < -0.4 is 0 Å². The number of alkyl halides is 1. The zero-order valence-corrected chi connectivity index (χ0v) is 8.44. The van der Waals surface area contributed by atoms with Crippen molar-refractivity contribution in [1.29, 1.82) is 0 Å². The first-order chi connectivity index (χ1) is 5.65. The first-order valence-electron chi connectivity index (χ1n) is 3.35. The molecule has 0 amide bonds. The molecular formula is C8H7BrClFO. The highest BCUT2D eigenvalue weighted by molar-refractivity contribution is 9.10. The lowest BCUT2D eigenvalue weighted by atomic mass is 10.1. The minimum Gasteiger partial charge on any atom is -0.393 e. The Kier molecular flexibility index (Phi) is 3.50. The van der Waals surface area contributed by atoms with Crippen molar-refractivity contribution >= 4 is 27.5 Å². The fourth-order valence-electron chi connectivity index (χ4n) is 0.853. The van der Waals surface area contributed by atoms with Gasteiger partial charge in [0.2, 0.25) is 0 Å². The van der Waals surface area contributed by atoms with Crippen LogP contribution in [-0.2, 0) is 0 Å². The molecule has 0 fully saturated rings. The summed E-state index contributed by atoms with van der Waals surface area (Å²) < 4.78 is 13.6. The molecule has 0 saturated heterocycles. The van der Waals surface area contributed by atoms with E-state index in [0.717, 1.165) is 0 Å². The largest absolute Gasteiger partial charge is 0.393 e. The van der Waals surface area contributed by atoms with E-state index in [0.29, 0.717) is 15.1 Å². The second-order valence-corrected chi connectivity index (χ2v) is 3.61. The average molecular weight is 253 g/mol. The minimum absolute atomic E-state index is 0.380. The Labute approximate surface area is 83.3 Å². The highest BCUT2D eigenvalue weighted by atomic mass is 79.9. The summed E-state index contributed by atoms with van der Waals surface area (Å²) >= 11 is 8.81. The zero-order valence-electron chi connectivity index (χ0n) is 6.10. The molecule has 4 heteroatoms. The second-order valence-electron chi connectivity index (χ2n) is 2.32. The first kappa shape index (κ1) is 9.96. The van der Waals surface area contributed by atoms with E-state index in [9.17, 15) is 4.39 Å². The lowest BCUT2D eigenvalue weighted by molar-refractivity contribution is 0.179. The Morgan fingerprint density at radius 1 is 1.58 bits per heavy atom. The predicted octanol–water partition coefficient (Wildman–Crippen LogP) is 3.11. The van der Waals surface area contributed by atoms with Crippen LogP contribution in [0.1, 0.15) is 11.7 Å². The summed E-state index contributed by atoms with van der Waals surface area (Å²) in [5.41, 5.74) is 0.380. The molecule has 0 radical (unpaired) electrons. The van der Waals surface area contributed by atoms with Crippen LogP contribution in [0, 0.1) is 0 Å². The molecular weight excluding hydrogens is 246 g/mol. The van der Waals surface area contributed by atoms with Crippen LogP contribution in [0.15, 0.2) is 22.7 Å². The number of benzene rings is 1. The molecule has 12 heavy (non-hydrogen) atoms. The van der Waals surface area contributed by atoms with E-state index >= 15 is 0 Å². The monoisotopic (exact) mass is 252 g/mol. The van der Waals surface area contributed by atoms with E-state index in [1.807, 2.05) is 0 Å². The summed E-state index contributed by atoms with van der Waals surface area (Å²) in [6, 6.07) is 4.80. The molecule has 0 aromatic heterocycles. The molecule has 1 atom stereocenters. The lowest BCUT2D eigenvalue weighted by Crippen LogP contribution is -1.97. The Balaban J connectivity index is 3.04. The first-order valence-corrected chi connectivity index (χ1v) is 4.52. The van der Waals surface area contributed by atoms with E-state index in [-0.39, 0.29) is 0 Å². The van der Waals surface area contributed by atoms with E-state index in [1.165, 1.54) is 6.07 Å². The van der Waals surface area contributed by atoms with Gasteiger partial charge in [-0.15, -0.1) is 0 Å². The molecule has 1 unspecified atom stereocenters. The topological polar surface area (TPSA) is 20.2 Å². The van der Waals surface area contributed by atoms with Crippen molar-refractivity contribution in [2.45, 2.75) is 6.17 Å². The number of rotatable bonds is 2. The van der Waals surface area contributed by atoms with E-state index in [2.05, 4.69) is 15.9 Å². The van der Waals surface area contributed by atoms with Gasteiger partial charge in [-0.2, -0.15) is 0 Å². The molecule has 1 N–H and O–H groups in total. The van der Waals surface area contributed by atoms with Crippen molar-refractivity contribution < 1.29 is 9.50 Å². The zero-order chi connectivity index (χ0) is 9.14. The van der Waals surface area contributed by atoms with Gasteiger partial charge in [-0.3, -0.25) is 0 Å². The van der Waals surface area contributed by atoms with Gasteiger partial charge < -0.3 is 5.11 Å². The normalized spacial score (nSPS) is 13.0. The Morgan fingerprint density at radius 2 is 2.25 bits per heavy atom. The predicted molar refractivity (Wildman–Crippen MR) is 50.1 cm³/mol. The van der Waals surface area contributed by atoms with Crippen molar-refractivity contribution in [3.63, 3.8) is 0 Å². The Morgan fingerprint density at radius 3 is 2.83 bits per heavy atom. The van der Waals surface area contributed by atoms with Crippen molar-refractivity contribution in [3.05, 3.63) is 33.3 Å². The Hall–Kier alpha value is -0.120. The van der Waals surface area contributed by atoms with Gasteiger partial charge in [-0.05, 0) is 18.2 Å². The van der Waals surface area contributed by atoms with Crippen molar-refractivity contribution in [2.24, 2.45) is 0 Å². The van der Waals surface area contributed by atoms with Gasteiger partial charge in [-0.1, -0.05) is 27.5 Å². The van der Waals surface area contributed by atoms with Crippen LogP contribution in [0.5, 0.6) is 0 Å². The van der Waals surface area contributed by atoms with Crippen LogP contribution in [0.4, 0.5) is 4.39 Å². The molecule has 0 bridgehead atoms. The van der Waals surface area contributed by atoms with Gasteiger partial charge in [0, 0.05) is 15.1 Å². The van der Waals surface area contributed by atoms with Gasteiger partial charge in [0.15, 0.2) is 0 Å². The van der Waals surface area contributed by atoms with Crippen LogP contribution in [-0.4, -0.2) is 11.7 Å².